The molecule has 0 spiro atoms. The van der Waals surface area contributed by atoms with Crippen LogP contribution in [0.25, 0.3) is 10.8 Å². The second-order valence-corrected chi connectivity index (χ2v) is 11.2. The van der Waals surface area contributed by atoms with E-state index >= 15 is 0 Å². The van der Waals surface area contributed by atoms with Crippen molar-refractivity contribution in [2.24, 2.45) is 0 Å². The van der Waals surface area contributed by atoms with Crippen molar-refractivity contribution in [2.45, 2.75) is 17.9 Å². The Labute approximate surface area is 228 Å². The van der Waals surface area contributed by atoms with E-state index in [0.717, 1.165) is 42.2 Å². The molecule has 35 heavy (non-hydrogen) atoms. The van der Waals surface area contributed by atoms with Gasteiger partial charge in [0.2, 0.25) is 0 Å². The first-order valence-electron chi connectivity index (χ1n) is 11.4. The first kappa shape index (κ1) is 26.2. The third-order valence-corrected chi connectivity index (χ3v) is 7.86. The second-order valence-electron chi connectivity index (χ2n) is 9.03. The van der Waals surface area contributed by atoms with E-state index in [1.807, 2.05) is 74.8 Å². The van der Waals surface area contributed by atoms with Crippen LogP contribution >= 0.6 is 43.5 Å². The van der Waals surface area contributed by atoms with Crippen molar-refractivity contribution in [2.75, 3.05) is 27.7 Å². The molecule has 0 heterocycles. The number of ether oxygens (including phenoxy) is 1. The molecule has 0 saturated carbocycles. The highest BCUT2D eigenvalue weighted by atomic mass is 79.9. The van der Waals surface area contributed by atoms with Crippen LogP contribution < -0.4 is 4.74 Å². The molecule has 0 fully saturated rings. The van der Waals surface area contributed by atoms with Crippen LogP contribution in [-0.4, -0.2) is 37.8 Å². The molecule has 0 bridgehead atoms. The summed E-state index contributed by atoms with van der Waals surface area (Å²) < 4.78 is 7.79. The first-order chi connectivity index (χ1) is 16.7. The summed E-state index contributed by atoms with van der Waals surface area (Å²) in [6.45, 7) is 0.698. The topological polar surface area (TPSA) is 32.7 Å². The number of rotatable bonds is 8. The van der Waals surface area contributed by atoms with Crippen molar-refractivity contribution in [3.8, 4) is 5.75 Å². The molecule has 0 aliphatic carbocycles. The van der Waals surface area contributed by atoms with E-state index in [2.05, 4.69) is 55.0 Å². The van der Waals surface area contributed by atoms with Crippen LogP contribution in [0.15, 0.2) is 87.8 Å². The summed E-state index contributed by atoms with van der Waals surface area (Å²) in [5.74, 6) is 0.312. The molecule has 4 aromatic carbocycles. The van der Waals surface area contributed by atoms with Gasteiger partial charge in [-0.05, 0) is 84.9 Å². The number of halogens is 3. The van der Waals surface area contributed by atoms with Crippen LogP contribution in [0, 0.1) is 0 Å². The van der Waals surface area contributed by atoms with Gasteiger partial charge in [0.25, 0.3) is 0 Å². The molecule has 182 valence electrons. The fraction of sp³-hybridized carbons (Fsp3) is 0.241. The fourth-order valence-electron chi connectivity index (χ4n) is 4.68. The number of aliphatic hydroxyl groups is 1. The van der Waals surface area contributed by atoms with E-state index in [1.54, 1.807) is 7.11 Å². The minimum absolute atomic E-state index is 0.420. The number of hydrogen-bond acceptors (Lipinski definition) is 3. The molecule has 0 saturated heterocycles. The normalized spacial score (nSPS) is 14.2. The quantitative estimate of drug-likeness (QED) is 0.218. The van der Waals surface area contributed by atoms with Gasteiger partial charge in [0.15, 0.2) is 0 Å². The highest BCUT2D eigenvalue weighted by Crippen LogP contribution is 2.49. The van der Waals surface area contributed by atoms with Gasteiger partial charge in [0.1, 0.15) is 11.4 Å². The average molecular weight is 618 g/mol. The monoisotopic (exact) mass is 615 g/mol. The molecule has 4 rings (SSSR count). The van der Waals surface area contributed by atoms with Crippen LogP contribution in [-0.2, 0) is 5.60 Å². The summed E-state index contributed by atoms with van der Waals surface area (Å²) in [5, 5.41) is 15.5. The van der Waals surface area contributed by atoms with Crippen molar-refractivity contribution >= 4 is 54.2 Å². The van der Waals surface area contributed by atoms with Crippen molar-refractivity contribution in [1.82, 2.24) is 4.90 Å². The highest BCUT2D eigenvalue weighted by molar-refractivity contribution is 9.10. The fourth-order valence-corrected chi connectivity index (χ4v) is 5.81. The number of nitrogens with zero attached hydrogens (tertiary/aromatic N) is 1. The maximum Gasteiger partial charge on any atom is 0.123 e. The molecule has 0 aromatic heterocycles. The van der Waals surface area contributed by atoms with Gasteiger partial charge in [-0.15, -0.1) is 0 Å². The largest absolute Gasteiger partial charge is 0.496 e. The Kier molecular flexibility index (Phi) is 8.24. The Balaban J connectivity index is 2.04. The van der Waals surface area contributed by atoms with Crippen LogP contribution in [0.4, 0.5) is 0 Å². The zero-order valence-corrected chi connectivity index (χ0v) is 23.9. The summed E-state index contributed by atoms with van der Waals surface area (Å²) in [5.41, 5.74) is 1.46. The van der Waals surface area contributed by atoms with Crippen LogP contribution in [0.3, 0.4) is 0 Å². The van der Waals surface area contributed by atoms with E-state index in [0.29, 0.717) is 18.0 Å². The van der Waals surface area contributed by atoms with Gasteiger partial charge in [0.05, 0.1) is 7.11 Å². The highest BCUT2D eigenvalue weighted by Gasteiger charge is 2.43. The molecule has 4 aromatic rings. The lowest BCUT2D eigenvalue weighted by atomic mass is 9.71. The maximum absolute atomic E-state index is 12.7. The van der Waals surface area contributed by atoms with Gasteiger partial charge in [-0.25, -0.2) is 0 Å². The third-order valence-electron chi connectivity index (χ3n) is 6.42. The standard InChI is InChI=1S/C29H28Br2ClNO2/c1-33(2)15-14-29(34,25-6-4-5-7-26(25)31)28(19-9-12-23(32)13-10-19)24-17-21-16-22(30)11-8-20(21)18-27(24)35-3/h4-13,16-18,28,34H,14-15H2,1-3H3/t28-,29-/m1/s1. The smallest absolute Gasteiger partial charge is 0.123 e. The average Bonchev–Trinajstić information content (AvgIpc) is 2.84. The minimum atomic E-state index is -1.24. The van der Waals surface area contributed by atoms with E-state index < -0.39 is 11.5 Å². The molecule has 2 atom stereocenters. The lowest BCUT2D eigenvalue weighted by Crippen LogP contribution is -2.38. The minimum Gasteiger partial charge on any atom is -0.496 e. The molecule has 1 N–H and O–H groups in total. The predicted octanol–water partition coefficient (Wildman–Crippen LogP) is 8.00. The number of fused-ring (bicyclic) bond motifs is 1. The van der Waals surface area contributed by atoms with Crippen molar-refractivity contribution in [3.63, 3.8) is 0 Å². The predicted molar refractivity (Wildman–Crippen MR) is 153 cm³/mol. The molecule has 3 nitrogen and oxygen atoms in total. The molecule has 0 aliphatic heterocycles. The van der Waals surface area contributed by atoms with E-state index in [9.17, 15) is 5.11 Å². The summed E-state index contributed by atoms with van der Waals surface area (Å²) in [7, 11) is 5.72. The first-order valence-corrected chi connectivity index (χ1v) is 13.3. The van der Waals surface area contributed by atoms with Crippen molar-refractivity contribution in [3.05, 3.63) is 110 Å². The number of methoxy groups -OCH3 is 1. The maximum atomic E-state index is 12.7. The second kappa shape index (κ2) is 11.0. The number of hydrogen-bond donors (Lipinski definition) is 1. The molecule has 6 heteroatoms. The van der Waals surface area contributed by atoms with E-state index in [1.165, 1.54) is 0 Å². The molecular weight excluding hydrogens is 590 g/mol. The van der Waals surface area contributed by atoms with Gasteiger partial charge in [-0.3, -0.25) is 0 Å². The lowest BCUT2D eigenvalue weighted by molar-refractivity contribution is 0.00328. The number of benzene rings is 4. The van der Waals surface area contributed by atoms with Crippen molar-refractivity contribution < 1.29 is 9.84 Å². The van der Waals surface area contributed by atoms with Crippen LogP contribution in [0.5, 0.6) is 5.75 Å². The zero-order chi connectivity index (χ0) is 25.2. The van der Waals surface area contributed by atoms with Gasteiger partial charge in [-0.2, -0.15) is 0 Å². The Morgan fingerprint density at radius 2 is 1.66 bits per heavy atom. The molecule has 0 radical (unpaired) electrons. The summed E-state index contributed by atoms with van der Waals surface area (Å²) in [6, 6.07) is 26.0. The van der Waals surface area contributed by atoms with Gasteiger partial charge in [-0.1, -0.05) is 79.9 Å². The van der Waals surface area contributed by atoms with Gasteiger partial charge >= 0.3 is 0 Å². The van der Waals surface area contributed by atoms with Gasteiger partial charge in [0, 0.05) is 32.0 Å². The Bertz CT molecular complexity index is 1330. The zero-order valence-electron chi connectivity index (χ0n) is 19.9. The lowest BCUT2D eigenvalue weighted by Gasteiger charge is -2.39. The Morgan fingerprint density at radius 1 is 0.943 bits per heavy atom. The van der Waals surface area contributed by atoms with Gasteiger partial charge < -0.3 is 14.7 Å². The van der Waals surface area contributed by atoms with Crippen LogP contribution in [0.2, 0.25) is 5.02 Å². The SMILES string of the molecule is COc1cc2ccc(Br)cc2cc1[C@@H](c1ccc(Cl)cc1)[C@@](O)(CCN(C)C)c1ccccc1Br. The van der Waals surface area contributed by atoms with Crippen molar-refractivity contribution in [1.29, 1.82) is 0 Å². The van der Waals surface area contributed by atoms with E-state index in [-0.39, 0.29) is 0 Å². The summed E-state index contributed by atoms with van der Waals surface area (Å²) >= 11 is 13.6. The van der Waals surface area contributed by atoms with E-state index in [4.69, 9.17) is 16.3 Å². The Hall–Kier alpha value is -1.89. The summed E-state index contributed by atoms with van der Waals surface area (Å²) in [4.78, 5) is 2.09. The van der Waals surface area contributed by atoms with Crippen LogP contribution in [0.1, 0.15) is 29.0 Å². The third kappa shape index (κ3) is 5.60. The molecule has 0 unspecified atom stereocenters. The molecular formula is C29H28Br2ClNO2. The molecule has 0 aliphatic rings. The summed E-state index contributed by atoms with van der Waals surface area (Å²) in [6.07, 6.45) is 0.510. The Morgan fingerprint density at radius 3 is 2.31 bits per heavy atom. The molecule has 0 amide bonds.